The average molecular weight is 352 g/mol. The zero-order valence-electron chi connectivity index (χ0n) is 11.3. The monoisotopic (exact) mass is 351 g/mol. The topological polar surface area (TPSA) is 20.3 Å². The third kappa shape index (κ3) is 2.96. The average Bonchev–Trinajstić information content (AvgIpc) is 2.94. The van der Waals surface area contributed by atoms with Crippen LogP contribution in [0.5, 0.6) is 0 Å². The number of nitrogens with zero attached hydrogens (tertiary/aromatic N) is 1. The SMILES string of the molecule is O=C(C1C=C(Br)SC1)N1CCCCC1c1ccccc1. The first-order chi connectivity index (χ1) is 9.75. The molecule has 0 saturated carbocycles. The van der Waals surface area contributed by atoms with E-state index in [1.807, 2.05) is 6.07 Å². The predicted octanol–water partition coefficient (Wildman–Crippen LogP) is 4.34. The minimum Gasteiger partial charge on any atom is -0.335 e. The van der Waals surface area contributed by atoms with Crippen LogP contribution in [0.15, 0.2) is 40.2 Å². The van der Waals surface area contributed by atoms with Crippen molar-refractivity contribution < 1.29 is 4.79 Å². The van der Waals surface area contributed by atoms with Gasteiger partial charge in [-0.2, -0.15) is 0 Å². The van der Waals surface area contributed by atoms with Crippen LogP contribution in [-0.4, -0.2) is 23.1 Å². The number of thioether (sulfide) groups is 1. The lowest BCUT2D eigenvalue weighted by molar-refractivity contribution is -0.137. The maximum Gasteiger partial charge on any atom is 0.230 e. The van der Waals surface area contributed by atoms with Gasteiger partial charge in [-0.15, -0.1) is 11.8 Å². The van der Waals surface area contributed by atoms with Gasteiger partial charge in [0.2, 0.25) is 5.91 Å². The summed E-state index contributed by atoms with van der Waals surface area (Å²) < 4.78 is 1.10. The van der Waals surface area contributed by atoms with E-state index in [0.717, 1.165) is 29.0 Å². The Morgan fingerprint density at radius 2 is 2.05 bits per heavy atom. The van der Waals surface area contributed by atoms with E-state index in [0.29, 0.717) is 5.91 Å². The van der Waals surface area contributed by atoms with Gasteiger partial charge >= 0.3 is 0 Å². The third-order valence-corrected chi connectivity index (χ3v) is 5.91. The zero-order valence-corrected chi connectivity index (χ0v) is 13.7. The van der Waals surface area contributed by atoms with Crippen molar-refractivity contribution in [1.82, 2.24) is 4.90 Å². The molecule has 2 heterocycles. The standard InChI is InChI=1S/C16H18BrNOS/c17-15-10-13(11-20-15)16(19)18-9-5-4-8-14(18)12-6-2-1-3-7-12/h1-3,6-7,10,13-14H,4-5,8-9,11H2. The Hall–Kier alpha value is -0.740. The van der Waals surface area contributed by atoms with Crippen molar-refractivity contribution in [2.45, 2.75) is 25.3 Å². The molecule has 0 spiro atoms. The lowest BCUT2D eigenvalue weighted by atomic mass is 9.94. The van der Waals surface area contributed by atoms with E-state index in [4.69, 9.17) is 0 Å². The number of amides is 1. The number of carbonyl (C=O) groups excluding carboxylic acids is 1. The van der Waals surface area contributed by atoms with E-state index in [-0.39, 0.29) is 12.0 Å². The first kappa shape index (κ1) is 14.2. The van der Waals surface area contributed by atoms with Gasteiger partial charge in [0.1, 0.15) is 0 Å². The van der Waals surface area contributed by atoms with Crippen LogP contribution in [0.4, 0.5) is 0 Å². The molecule has 1 amide bonds. The molecule has 106 valence electrons. The molecule has 2 unspecified atom stereocenters. The summed E-state index contributed by atoms with van der Waals surface area (Å²) in [6, 6.07) is 10.7. The highest BCUT2D eigenvalue weighted by molar-refractivity contribution is 9.14. The van der Waals surface area contributed by atoms with E-state index < -0.39 is 0 Å². The molecule has 0 bridgehead atoms. The van der Waals surface area contributed by atoms with Crippen LogP contribution in [-0.2, 0) is 4.79 Å². The minimum atomic E-state index is 0.0405. The molecule has 0 radical (unpaired) electrons. The van der Waals surface area contributed by atoms with Gasteiger partial charge in [0.05, 0.1) is 12.0 Å². The number of carbonyl (C=O) groups is 1. The van der Waals surface area contributed by atoms with Crippen molar-refractivity contribution in [3.8, 4) is 0 Å². The second kappa shape index (κ2) is 6.35. The van der Waals surface area contributed by atoms with E-state index in [9.17, 15) is 4.79 Å². The van der Waals surface area contributed by atoms with Crippen molar-refractivity contribution in [2.24, 2.45) is 5.92 Å². The van der Waals surface area contributed by atoms with Gasteiger partial charge in [0.15, 0.2) is 0 Å². The molecular formula is C16H18BrNOS. The number of benzene rings is 1. The molecular weight excluding hydrogens is 334 g/mol. The van der Waals surface area contributed by atoms with Crippen LogP contribution < -0.4 is 0 Å². The Morgan fingerprint density at radius 1 is 1.25 bits per heavy atom. The summed E-state index contributed by atoms with van der Waals surface area (Å²) in [5, 5.41) is 0. The van der Waals surface area contributed by atoms with Crippen LogP contribution >= 0.6 is 27.7 Å². The molecule has 2 atom stereocenters. The van der Waals surface area contributed by atoms with E-state index in [1.165, 1.54) is 12.0 Å². The summed E-state index contributed by atoms with van der Waals surface area (Å²) in [6.07, 6.45) is 5.48. The van der Waals surface area contributed by atoms with E-state index in [2.05, 4.69) is 51.2 Å². The smallest absolute Gasteiger partial charge is 0.230 e. The van der Waals surface area contributed by atoms with Crippen LogP contribution in [0.3, 0.4) is 0 Å². The summed E-state index contributed by atoms with van der Waals surface area (Å²) in [4.78, 5) is 14.9. The maximum atomic E-state index is 12.8. The minimum absolute atomic E-state index is 0.0405. The molecule has 1 fully saturated rings. The van der Waals surface area contributed by atoms with Gasteiger partial charge in [0, 0.05) is 16.1 Å². The molecule has 3 rings (SSSR count). The first-order valence-corrected chi connectivity index (χ1v) is 8.89. The lowest BCUT2D eigenvalue weighted by Crippen LogP contribution is -2.41. The Morgan fingerprint density at radius 3 is 2.75 bits per heavy atom. The molecule has 2 aliphatic rings. The molecule has 1 saturated heterocycles. The van der Waals surface area contributed by atoms with Gasteiger partial charge in [-0.25, -0.2) is 0 Å². The fourth-order valence-corrected chi connectivity index (χ4v) is 4.55. The van der Waals surface area contributed by atoms with Crippen molar-refractivity contribution in [1.29, 1.82) is 0 Å². The van der Waals surface area contributed by atoms with Gasteiger partial charge < -0.3 is 4.90 Å². The lowest BCUT2D eigenvalue weighted by Gasteiger charge is -2.37. The van der Waals surface area contributed by atoms with Crippen LogP contribution in [0.1, 0.15) is 30.9 Å². The molecule has 1 aromatic carbocycles. The summed E-state index contributed by atoms with van der Waals surface area (Å²) in [5.74, 6) is 1.21. The molecule has 4 heteroatoms. The third-order valence-electron chi connectivity index (χ3n) is 4.02. The summed E-state index contributed by atoms with van der Waals surface area (Å²) in [7, 11) is 0. The Bertz CT molecular complexity index is 516. The fraction of sp³-hybridized carbons (Fsp3) is 0.438. The molecule has 2 aliphatic heterocycles. The van der Waals surface area contributed by atoms with Gasteiger partial charge in [-0.3, -0.25) is 4.79 Å². The zero-order chi connectivity index (χ0) is 13.9. The molecule has 20 heavy (non-hydrogen) atoms. The summed E-state index contributed by atoms with van der Waals surface area (Å²) in [6.45, 7) is 0.894. The Kier molecular flexibility index (Phi) is 4.51. The number of halogens is 1. The van der Waals surface area contributed by atoms with Crippen LogP contribution in [0.2, 0.25) is 0 Å². The molecule has 0 aromatic heterocycles. The highest BCUT2D eigenvalue weighted by Gasteiger charge is 2.33. The van der Waals surface area contributed by atoms with Crippen molar-refractivity contribution in [3.05, 3.63) is 45.8 Å². The van der Waals surface area contributed by atoms with Crippen molar-refractivity contribution in [3.63, 3.8) is 0 Å². The normalized spacial score (nSPS) is 26.4. The van der Waals surface area contributed by atoms with Crippen molar-refractivity contribution >= 4 is 33.6 Å². The highest BCUT2D eigenvalue weighted by atomic mass is 79.9. The van der Waals surface area contributed by atoms with E-state index in [1.54, 1.807) is 11.8 Å². The maximum absolute atomic E-state index is 12.8. The quantitative estimate of drug-likeness (QED) is 0.789. The van der Waals surface area contributed by atoms with Gasteiger partial charge in [-0.1, -0.05) is 36.4 Å². The summed E-state index contributed by atoms with van der Waals surface area (Å²) in [5.41, 5.74) is 1.27. The highest BCUT2D eigenvalue weighted by Crippen LogP contribution is 2.37. The summed E-state index contributed by atoms with van der Waals surface area (Å²) >= 11 is 5.21. The number of piperidine rings is 1. The molecule has 0 aliphatic carbocycles. The van der Waals surface area contributed by atoms with Crippen LogP contribution in [0, 0.1) is 5.92 Å². The second-order valence-corrected chi connectivity index (χ2v) is 7.78. The fourth-order valence-electron chi connectivity index (χ4n) is 3.00. The second-order valence-electron chi connectivity index (χ2n) is 5.34. The van der Waals surface area contributed by atoms with E-state index >= 15 is 0 Å². The predicted molar refractivity (Wildman–Crippen MR) is 87.7 cm³/mol. The number of hydrogen-bond acceptors (Lipinski definition) is 2. The van der Waals surface area contributed by atoms with Gasteiger partial charge in [0.25, 0.3) is 0 Å². The first-order valence-electron chi connectivity index (χ1n) is 7.11. The Labute approximate surface area is 132 Å². The number of hydrogen-bond donors (Lipinski definition) is 0. The molecule has 2 nitrogen and oxygen atoms in total. The van der Waals surface area contributed by atoms with Gasteiger partial charge in [-0.05, 0) is 40.8 Å². The molecule has 0 N–H and O–H groups in total. The number of rotatable bonds is 2. The Balaban J connectivity index is 1.80. The number of likely N-dealkylation sites (tertiary alicyclic amines) is 1. The van der Waals surface area contributed by atoms with Crippen molar-refractivity contribution in [2.75, 3.05) is 12.3 Å². The molecule has 1 aromatic rings. The largest absolute Gasteiger partial charge is 0.335 e. The van der Waals surface area contributed by atoms with Crippen LogP contribution in [0.25, 0.3) is 0 Å².